The normalized spacial score (nSPS) is 15.1. The lowest BCUT2D eigenvalue weighted by atomic mass is 9.84. The van der Waals surface area contributed by atoms with Crippen molar-refractivity contribution in [3.05, 3.63) is 76.3 Å². The van der Waals surface area contributed by atoms with Gasteiger partial charge in [-0.2, -0.15) is 5.10 Å². The largest absolute Gasteiger partial charge is 0.497 e. The fourth-order valence-corrected chi connectivity index (χ4v) is 3.66. The molecule has 2 aromatic heterocycles. The number of aromatic nitrogens is 4. The average molecular weight is 379 g/mol. The first-order valence-corrected chi connectivity index (χ1v) is 8.85. The monoisotopic (exact) mass is 378 g/mol. The predicted octanol–water partition coefficient (Wildman–Crippen LogP) is 4.38. The number of rotatable bonds is 2. The molecule has 0 radical (unpaired) electrons. The molecule has 27 heavy (non-hydrogen) atoms. The highest BCUT2D eigenvalue weighted by Crippen LogP contribution is 2.48. The number of ether oxygens (including phenoxy) is 2. The molecule has 3 heterocycles. The second-order valence-corrected chi connectivity index (χ2v) is 6.82. The second-order valence-electron chi connectivity index (χ2n) is 6.38. The van der Waals surface area contributed by atoms with Crippen LogP contribution in [0.2, 0.25) is 5.02 Å². The van der Waals surface area contributed by atoms with Gasteiger partial charge in [-0.3, -0.25) is 0 Å². The SMILES string of the molecule is COc1ccc2c(c1)Oc1ncn3nc(C)nc3c1C2c1ccc(Cl)cc1. The van der Waals surface area contributed by atoms with Crippen molar-refractivity contribution in [2.45, 2.75) is 12.8 Å². The summed E-state index contributed by atoms with van der Waals surface area (Å²) in [6.45, 7) is 1.86. The van der Waals surface area contributed by atoms with Gasteiger partial charge in [-0.1, -0.05) is 29.8 Å². The van der Waals surface area contributed by atoms with Crippen LogP contribution in [0.25, 0.3) is 5.65 Å². The summed E-state index contributed by atoms with van der Waals surface area (Å²) in [7, 11) is 1.63. The van der Waals surface area contributed by atoms with Crippen LogP contribution in [0, 0.1) is 6.92 Å². The fourth-order valence-electron chi connectivity index (χ4n) is 3.53. The van der Waals surface area contributed by atoms with E-state index in [-0.39, 0.29) is 5.92 Å². The minimum atomic E-state index is -0.105. The summed E-state index contributed by atoms with van der Waals surface area (Å²) in [5, 5.41) is 5.08. The third-order valence-corrected chi connectivity index (χ3v) is 4.98. The number of nitrogens with zero attached hydrogens (tertiary/aromatic N) is 4. The zero-order valence-corrected chi connectivity index (χ0v) is 15.4. The van der Waals surface area contributed by atoms with Gasteiger partial charge in [0.25, 0.3) is 0 Å². The molecule has 6 nitrogen and oxygen atoms in total. The molecule has 1 aliphatic rings. The molecule has 0 amide bonds. The standard InChI is InChI=1S/C20H15ClN4O2/c1-11-23-19-18-17(12-3-5-13(21)6-4-12)15-8-7-14(26-2)9-16(15)27-20(18)22-10-25(19)24-11/h3-10,17H,1-2H3. The Morgan fingerprint density at radius 2 is 1.96 bits per heavy atom. The van der Waals surface area contributed by atoms with E-state index in [2.05, 4.69) is 15.1 Å². The number of hydrogen-bond donors (Lipinski definition) is 0. The van der Waals surface area contributed by atoms with Crippen molar-refractivity contribution in [3.8, 4) is 17.4 Å². The van der Waals surface area contributed by atoms with Crippen LogP contribution in [0.1, 0.15) is 28.4 Å². The van der Waals surface area contributed by atoms with Gasteiger partial charge in [0.2, 0.25) is 5.88 Å². The first kappa shape index (κ1) is 16.1. The lowest BCUT2D eigenvalue weighted by Gasteiger charge is -2.28. The Kier molecular flexibility index (Phi) is 3.55. The molecule has 0 spiro atoms. The highest BCUT2D eigenvalue weighted by molar-refractivity contribution is 6.30. The Bertz CT molecular complexity index is 1170. The summed E-state index contributed by atoms with van der Waals surface area (Å²) >= 11 is 6.11. The number of hydrogen-bond acceptors (Lipinski definition) is 5. The van der Waals surface area contributed by atoms with Crippen LogP contribution in [-0.4, -0.2) is 26.7 Å². The van der Waals surface area contributed by atoms with Gasteiger partial charge in [0.05, 0.1) is 12.7 Å². The minimum Gasteiger partial charge on any atom is -0.497 e. The van der Waals surface area contributed by atoms with E-state index in [9.17, 15) is 0 Å². The first-order valence-electron chi connectivity index (χ1n) is 8.47. The van der Waals surface area contributed by atoms with Crippen LogP contribution < -0.4 is 9.47 Å². The molecular formula is C20H15ClN4O2. The summed E-state index contributed by atoms with van der Waals surface area (Å²) in [5.41, 5.74) is 3.71. The van der Waals surface area contributed by atoms with E-state index in [0.29, 0.717) is 16.7 Å². The van der Waals surface area contributed by atoms with Crippen LogP contribution in [0.4, 0.5) is 0 Å². The highest BCUT2D eigenvalue weighted by Gasteiger charge is 2.33. The Morgan fingerprint density at radius 3 is 2.74 bits per heavy atom. The van der Waals surface area contributed by atoms with Crippen molar-refractivity contribution in [1.29, 1.82) is 0 Å². The molecule has 1 aliphatic heterocycles. The Balaban J connectivity index is 1.81. The van der Waals surface area contributed by atoms with E-state index in [1.807, 2.05) is 49.4 Å². The number of aryl methyl sites for hydroxylation is 1. The van der Waals surface area contributed by atoms with E-state index < -0.39 is 0 Å². The molecule has 0 saturated heterocycles. The maximum Gasteiger partial charge on any atom is 0.228 e. The van der Waals surface area contributed by atoms with Gasteiger partial charge in [-0.05, 0) is 30.7 Å². The zero-order valence-electron chi connectivity index (χ0n) is 14.7. The van der Waals surface area contributed by atoms with Crippen LogP contribution in [0.15, 0.2) is 48.8 Å². The molecule has 1 atom stereocenters. The Morgan fingerprint density at radius 1 is 1.15 bits per heavy atom. The van der Waals surface area contributed by atoms with Crippen LogP contribution >= 0.6 is 11.6 Å². The molecule has 134 valence electrons. The molecule has 0 saturated carbocycles. The number of benzene rings is 2. The van der Waals surface area contributed by atoms with E-state index in [1.54, 1.807) is 18.0 Å². The molecule has 0 N–H and O–H groups in total. The summed E-state index contributed by atoms with van der Waals surface area (Å²) in [6, 6.07) is 13.6. The van der Waals surface area contributed by atoms with E-state index in [4.69, 9.17) is 21.1 Å². The number of fused-ring (bicyclic) bond motifs is 4. The second kappa shape index (κ2) is 5.96. The summed E-state index contributed by atoms with van der Waals surface area (Å²) in [6.07, 6.45) is 1.62. The van der Waals surface area contributed by atoms with Gasteiger partial charge in [0.15, 0.2) is 5.65 Å². The summed E-state index contributed by atoms with van der Waals surface area (Å²) < 4.78 is 13.2. The average Bonchev–Trinajstić information content (AvgIpc) is 3.07. The minimum absolute atomic E-state index is 0.105. The molecule has 4 aromatic rings. The van der Waals surface area contributed by atoms with Crippen LogP contribution in [0.5, 0.6) is 17.4 Å². The van der Waals surface area contributed by atoms with Crippen molar-refractivity contribution in [3.63, 3.8) is 0 Å². The van der Waals surface area contributed by atoms with Crippen molar-refractivity contribution in [2.24, 2.45) is 0 Å². The van der Waals surface area contributed by atoms with Gasteiger partial charge in [0, 0.05) is 22.6 Å². The molecule has 2 aromatic carbocycles. The van der Waals surface area contributed by atoms with E-state index >= 15 is 0 Å². The van der Waals surface area contributed by atoms with Gasteiger partial charge < -0.3 is 9.47 Å². The van der Waals surface area contributed by atoms with Crippen molar-refractivity contribution in [2.75, 3.05) is 7.11 Å². The third-order valence-electron chi connectivity index (χ3n) is 4.72. The van der Waals surface area contributed by atoms with Crippen molar-refractivity contribution >= 4 is 17.2 Å². The Hall–Kier alpha value is -3.12. The maximum atomic E-state index is 6.11. The van der Waals surface area contributed by atoms with Crippen LogP contribution in [0.3, 0.4) is 0 Å². The molecule has 1 unspecified atom stereocenters. The Labute approximate surface area is 160 Å². The van der Waals surface area contributed by atoms with Gasteiger partial charge in [0.1, 0.15) is 23.7 Å². The fraction of sp³-hybridized carbons (Fsp3) is 0.150. The predicted molar refractivity (Wildman–Crippen MR) is 101 cm³/mol. The molecule has 7 heteroatoms. The smallest absolute Gasteiger partial charge is 0.228 e. The number of methoxy groups -OCH3 is 1. The molecule has 0 bridgehead atoms. The van der Waals surface area contributed by atoms with Crippen molar-refractivity contribution < 1.29 is 9.47 Å². The third kappa shape index (κ3) is 2.52. The molecule has 0 fully saturated rings. The van der Waals surface area contributed by atoms with Crippen LogP contribution in [-0.2, 0) is 0 Å². The maximum absolute atomic E-state index is 6.11. The van der Waals surface area contributed by atoms with E-state index in [1.165, 1.54) is 0 Å². The summed E-state index contributed by atoms with van der Waals surface area (Å²) in [4.78, 5) is 9.09. The summed E-state index contributed by atoms with van der Waals surface area (Å²) in [5.74, 6) is 2.55. The van der Waals surface area contributed by atoms with Gasteiger partial charge in [-0.25, -0.2) is 14.5 Å². The highest BCUT2D eigenvalue weighted by atomic mass is 35.5. The first-order chi connectivity index (χ1) is 13.1. The zero-order chi connectivity index (χ0) is 18.5. The lowest BCUT2D eigenvalue weighted by Crippen LogP contribution is -2.15. The number of halogens is 1. The molecule has 0 aliphatic carbocycles. The van der Waals surface area contributed by atoms with E-state index in [0.717, 1.165) is 33.8 Å². The van der Waals surface area contributed by atoms with Gasteiger partial charge in [-0.15, -0.1) is 0 Å². The lowest BCUT2D eigenvalue weighted by molar-refractivity contribution is 0.400. The molecular weight excluding hydrogens is 364 g/mol. The molecule has 5 rings (SSSR count). The van der Waals surface area contributed by atoms with Crippen molar-refractivity contribution in [1.82, 2.24) is 19.6 Å². The topological polar surface area (TPSA) is 61.5 Å². The van der Waals surface area contributed by atoms with Gasteiger partial charge >= 0.3 is 0 Å². The quantitative estimate of drug-likeness (QED) is 0.456.